The molecule has 0 atom stereocenters. The lowest BCUT2D eigenvalue weighted by molar-refractivity contribution is -0.137. The van der Waals surface area contributed by atoms with Crippen LogP contribution in [0.5, 0.6) is 0 Å². The van der Waals surface area contributed by atoms with E-state index in [-0.39, 0.29) is 16.5 Å². The van der Waals surface area contributed by atoms with E-state index in [0.29, 0.717) is 13.0 Å². The Morgan fingerprint density at radius 3 is 2.31 bits per heavy atom. The maximum atomic E-state index is 12.7. The lowest BCUT2D eigenvalue weighted by Gasteiger charge is -2.11. The predicted octanol–water partition coefficient (Wildman–Crippen LogP) is 3.18. The van der Waals surface area contributed by atoms with Gasteiger partial charge in [0.05, 0.1) is 10.5 Å². The fourth-order valence-corrected chi connectivity index (χ4v) is 3.24. The quantitative estimate of drug-likeness (QED) is 0.801. The molecule has 0 fully saturated rings. The zero-order valence-electron chi connectivity index (χ0n) is 13.8. The number of benzene rings is 2. The molecular formula is C17H17F3N2O3S. The Labute approximate surface area is 149 Å². The predicted molar refractivity (Wildman–Crippen MR) is 91.1 cm³/mol. The van der Waals surface area contributed by atoms with Crippen molar-refractivity contribution < 1.29 is 26.4 Å². The fourth-order valence-electron chi connectivity index (χ4n) is 2.19. The summed E-state index contributed by atoms with van der Waals surface area (Å²) in [6.45, 7) is 1.82. The van der Waals surface area contributed by atoms with Gasteiger partial charge in [-0.15, -0.1) is 0 Å². The Morgan fingerprint density at radius 2 is 1.73 bits per heavy atom. The van der Waals surface area contributed by atoms with E-state index in [1.807, 2.05) is 0 Å². The summed E-state index contributed by atoms with van der Waals surface area (Å²) in [5.74, 6) is -0.158. The van der Waals surface area contributed by atoms with Crippen molar-refractivity contribution in [3.05, 3.63) is 59.7 Å². The van der Waals surface area contributed by atoms with Crippen LogP contribution >= 0.6 is 0 Å². The van der Waals surface area contributed by atoms with Gasteiger partial charge in [-0.25, -0.2) is 8.42 Å². The van der Waals surface area contributed by atoms with Crippen molar-refractivity contribution >= 4 is 21.6 Å². The number of amides is 1. The molecule has 2 aromatic carbocycles. The number of rotatable bonds is 6. The first kappa shape index (κ1) is 19.8. The lowest BCUT2D eigenvalue weighted by Crippen LogP contribution is -2.22. The highest BCUT2D eigenvalue weighted by Crippen LogP contribution is 2.31. The van der Waals surface area contributed by atoms with Crippen LogP contribution < -0.4 is 10.0 Å². The highest BCUT2D eigenvalue weighted by molar-refractivity contribution is 7.92. The Kier molecular flexibility index (Phi) is 5.91. The Morgan fingerprint density at radius 1 is 1.08 bits per heavy atom. The first-order valence-electron chi connectivity index (χ1n) is 7.61. The van der Waals surface area contributed by atoms with Gasteiger partial charge in [-0.2, -0.15) is 13.2 Å². The summed E-state index contributed by atoms with van der Waals surface area (Å²) in [7, 11) is -4.01. The fraction of sp³-hybridized carbons (Fsp3) is 0.235. The van der Waals surface area contributed by atoms with Crippen LogP contribution in [0.3, 0.4) is 0 Å². The van der Waals surface area contributed by atoms with E-state index in [1.165, 1.54) is 25.1 Å². The van der Waals surface area contributed by atoms with E-state index >= 15 is 0 Å². The minimum atomic E-state index is -4.56. The number of anilines is 1. The van der Waals surface area contributed by atoms with Crippen molar-refractivity contribution in [1.82, 2.24) is 5.32 Å². The van der Waals surface area contributed by atoms with Crippen LogP contribution in [0.2, 0.25) is 0 Å². The van der Waals surface area contributed by atoms with Crippen molar-refractivity contribution in [2.24, 2.45) is 0 Å². The number of hydrogen-bond acceptors (Lipinski definition) is 3. The third kappa shape index (κ3) is 5.48. The molecule has 26 heavy (non-hydrogen) atoms. The topological polar surface area (TPSA) is 75.3 Å². The van der Waals surface area contributed by atoms with Crippen LogP contribution in [0.25, 0.3) is 0 Å². The first-order chi connectivity index (χ1) is 12.1. The molecule has 0 heterocycles. The molecule has 0 aliphatic heterocycles. The zero-order chi connectivity index (χ0) is 19.4. The second-order valence-corrected chi connectivity index (χ2v) is 7.24. The van der Waals surface area contributed by atoms with Gasteiger partial charge in [-0.3, -0.25) is 9.52 Å². The highest BCUT2D eigenvalue weighted by atomic mass is 32.2. The van der Waals surface area contributed by atoms with Gasteiger partial charge in [0.2, 0.25) is 5.91 Å². The van der Waals surface area contributed by atoms with Crippen molar-refractivity contribution in [3.63, 3.8) is 0 Å². The maximum absolute atomic E-state index is 12.7. The molecule has 2 rings (SSSR count). The van der Waals surface area contributed by atoms with Crippen molar-refractivity contribution in [2.75, 3.05) is 11.3 Å². The molecule has 2 aromatic rings. The summed E-state index contributed by atoms with van der Waals surface area (Å²) in [6, 6.07) is 9.87. The third-order valence-electron chi connectivity index (χ3n) is 3.46. The van der Waals surface area contributed by atoms with E-state index in [4.69, 9.17) is 0 Å². The molecule has 0 saturated carbocycles. The highest BCUT2D eigenvalue weighted by Gasteiger charge is 2.30. The van der Waals surface area contributed by atoms with Crippen molar-refractivity contribution in [1.29, 1.82) is 0 Å². The lowest BCUT2D eigenvalue weighted by atomic mass is 10.1. The number of alkyl halides is 3. The summed E-state index contributed by atoms with van der Waals surface area (Å²) < 4.78 is 64.9. The van der Waals surface area contributed by atoms with E-state index in [1.54, 1.807) is 12.1 Å². The van der Waals surface area contributed by atoms with Crippen LogP contribution in [0, 0.1) is 0 Å². The minimum absolute atomic E-state index is 0.0711. The molecular weight excluding hydrogens is 369 g/mol. The molecule has 0 bridgehead atoms. The van der Waals surface area contributed by atoms with Gasteiger partial charge in [0, 0.05) is 19.2 Å². The van der Waals surface area contributed by atoms with E-state index in [9.17, 15) is 26.4 Å². The van der Waals surface area contributed by atoms with Crippen molar-refractivity contribution in [3.8, 4) is 0 Å². The number of carbonyl (C=O) groups excluding carboxylic acids is 1. The average molecular weight is 386 g/mol. The first-order valence-corrected chi connectivity index (χ1v) is 9.10. The molecule has 0 aromatic heterocycles. The summed E-state index contributed by atoms with van der Waals surface area (Å²) in [4.78, 5) is 10.7. The second kappa shape index (κ2) is 7.77. The van der Waals surface area contributed by atoms with Gasteiger partial charge >= 0.3 is 6.18 Å². The molecule has 140 valence electrons. The van der Waals surface area contributed by atoms with Crippen LogP contribution in [-0.2, 0) is 27.4 Å². The number of nitrogens with one attached hydrogen (secondary N) is 2. The largest absolute Gasteiger partial charge is 0.416 e. The molecule has 0 spiro atoms. The van der Waals surface area contributed by atoms with Gasteiger partial charge in [0.1, 0.15) is 0 Å². The van der Waals surface area contributed by atoms with Gasteiger partial charge in [-0.05, 0) is 42.3 Å². The summed E-state index contributed by atoms with van der Waals surface area (Å²) in [5.41, 5.74) is -0.294. The molecule has 0 unspecified atom stereocenters. The average Bonchev–Trinajstić information content (AvgIpc) is 2.54. The molecule has 1 amide bonds. The summed E-state index contributed by atoms with van der Waals surface area (Å²) in [6.07, 6.45) is -4.03. The Balaban J connectivity index is 2.11. The SMILES string of the molecule is CC(=O)NCCc1ccc(S(=O)(=O)Nc2cccc(C(F)(F)F)c2)cc1. The maximum Gasteiger partial charge on any atom is 0.416 e. The third-order valence-corrected chi connectivity index (χ3v) is 4.86. The molecule has 9 heteroatoms. The van der Waals surface area contributed by atoms with Gasteiger partial charge in [-0.1, -0.05) is 18.2 Å². The zero-order valence-corrected chi connectivity index (χ0v) is 14.6. The standard InChI is InChI=1S/C17H17F3N2O3S/c1-12(23)21-10-9-13-5-7-16(8-6-13)26(24,25)22-15-4-2-3-14(11-15)17(18,19)20/h2-8,11,22H,9-10H2,1H3,(H,21,23). The van der Waals surface area contributed by atoms with Crippen molar-refractivity contribution in [2.45, 2.75) is 24.4 Å². The molecule has 5 nitrogen and oxygen atoms in total. The van der Waals surface area contributed by atoms with Gasteiger partial charge in [0.15, 0.2) is 0 Å². The molecule has 0 radical (unpaired) electrons. The number of halogens is 3. The van der Waals surface area contributed by atoms with Crippen LogP contribution in [0.1, 0.15) is 18.1 Å². The number of hydrogen-bond donors (Lipinski definition) is 2. The Hall–Kier alpha value is -2.55. The second-order valence-electron chi connectivity index (χ2n) is 5.56. The minimum Gasteiger partial charge on any atom is -0.356 e. The van der Waals surface area contributed by atoms with Crippen LogP contribution in [0.4, 0.5) is 18.9 Å². The smallest absolute Gasteiger partial charge is 0.356 e. The monoisotopic (exact) mass is 386 g/mol. The van der Waals surface area contributed by atoms with E-state index in [2.05, 4.69) is 10.0 Å². The molecule has 0 aliphatic rings. The molecule has 0 aliphatic carbocycles. The van der Waals surface area contributed by atoms with Crippen LogP contribution in [0.15, 0.2) is 53.4 Å². The summed E-state index contributed by atoms with van der Waals surface area (Å²) >= 11 is 0. The van der Waals surface area contributed by atoms with E-state index < -0.39 is 21.8 Å². The summed E-state index contributed by atoms with van der Waals surface area (Å²) in [5, 5.41) is 2.63. The molecule has 0 saturated heterocycles. The normalized spacial score (nSPS) is 11.8. The number of sulfonamides is 1. The number of carbonyl (C=O) groups is 1. The molecule has 2 N–H and O–H groups in total. The Bertz CT molecular complexity index is 879. The van der Waals surface area contributed by atoms with Crippen LogP contribution in [-0.4, -0.2) is 20.9 Å². The van der Waals surface area contributed by atoms with Gasteiger partial charge < -0.3 is 5.32 Å². The van der Waals surface area contributed by atoms with Gasteiger partial charge in [0.25, 0.3) is 10.0 Å². The van der Waals surface area contributed by atoms with E-state index in [0.717, 1.165) is 23.8 Å².